The van der Waals surface area contributed by atoms with E-state index in [1.165, 1.54) is 141 Å². The lowest BCUT2D eigenvalue weighted by Gasteiger charge is -2.29. The van der Waals surface area contributed by atoms with Crippen molar-refractivity contribution in [2.75, 3.05) is 40.9 Å². The molecule has 0 aliphatic rings. The highest BCUT2D eigenvalue weighted by atomic mass is 31.2. The number of unbranched alkanes of at least 4 members (excludes halogenated alkanes) is 25. The number of rotatable bonds is 40. The van der Waals surface area contributed by atoms with Gasteiger partial charge in [-0.15, -0.1) is 0 Å². The molecule has 0 rings (SSSR count). The molecule has 0 bridgehead atoms. The summed E-state index contributed by atoms with van der Waals surface area (Å²) in [5.74, 6) is -0.207. The molecule has 0 saturated carbocycles. The van der Waals surface area contributed by atoms with Crippen LogP contribution in [0.25, 0.3) is 0 Å². The van der Waals surface area contributed by atoms with Crippen LogP contribution in [0.3, 0.4) is 0 Å². The Kier molecular flexibility index (Phi) is 35.9. The van der Waals surface area contributed by atoms with Crippen LogP contribution in [0.5, 0.6) is 0 Å². The summed E-state index contributed by atoms with van der Waals surface area (Å²) < 4.78 is 23.2. The van der Waals surface area contributed by atoms with Gasteiger partial charge in [-0.1, -0.05) is 186 Å². The van der Waals surface area contributed by atoms with E-state index in [4.69, 9.17) is 9.05 Å². The molecule has 2 N–H and O–H groups in total. The second-order valence-corrected chi connectivity index (χ2v) is 17.8. The molecule has 314 valence electrons. The van der Waals surface area contributed by atoms with E-state index in [9.17, 15) is 19.4 Å². The average molecular weight is 771 g/mol. The number of likely N-dealkylation sites (N-methyl/N-ethyl adjacent to an activating group) is 1. The number of nitrogens with zero attached hydrogens (tertiary/aromatic N) is 1. The zero-order valence-electron chi connectivity index (χ0n) is 35.5. The molecular weight excluding hydrogens is 683 g/mol. The summed E-state index contributed by atoms with van der Waals surface area (Å²) in [5.41, 5.74) is 0. The fourth-order valence-corrected chi connectivity index (χ4v) is 7.07. The van der Waals surface area contributed by atoms with Gasteiger partial charge in [-0.3, -0.25) is 9.36 Å². The molecule has 0 fully saturated rings. The van der Waals surface area contributed by atoms with Crippen LogP contribution in [0.1, 0.15) is 200 Å². The summed E-state index contributed by atoms with van der Waals surface area (Å²) in [6, 6.07) is -0.897. The van der Waals surface area contributed by atoms with Crippen molar-refractivity contribution in [3.8, 4) is 0 Å². The fourth-order valence-electron chi connectivity index (χ4n) is 6.34. The molecule has 0 aromatic heterocycles. The average Bonchev–Trinajstić information content (AvgIpc) is 3.10. The van der Waals surface area contributed by atoms with Gasteiger partial charge >= 0.3 is 0 Å². The third-order valence-corrected chi connectivity index (χ3v) is 10.9. The van der Waals surface area contributed by atoms with Crippen LogP contribution in [0.4, 0.5) is 0 Å². The van der Waals surface area contributed by atoms with Crippen molar-refractivity contribution in [2.24, 2.45) is 0 Å². The maximum Gasteiger partial charge on any atom is 0.268 e. The van der Waals surface area contributed by atoms with Crippen molar-refractivity contribution in [1.82, 2.24) is 5.32 Å². The zero-order valence-corrected chi connectivity index (χ0v) is 36.4. The number of phosphoric acid groups is 1. The van der Waals surface area contributed by atoms with Gasteiger partial charge in [0, 0.05) is 6.42 Å². The number of quaternary nitrogens is 1. The molecule has 3 unspecified atom stereocenters. The fraction of sp³-hybridized carbons (Fsp3) is 0.886. The van der Waals surface area contributed by atoms with Crippen LogP contribution in [0.15, 0.2) is 24.3 Å². The molecule has 0 aliphatic carbocycles. The van der Waals surface area contributed by atoms with Crippen LogP contribution in [-0.2, 0) is 18.4 Å². The van der Waals surface area contributed by atoms with E-state index in [0.717, 1.165) is 38.5 Å². The predicted molar refractivity (Wildman–Crippen MR) is 224 cm³/mol. The van der Waals surface area contributed by atoms with E-state index >= 15 is 0 Å². The van der Waals surface area contributed by atoms with Crippen LogP contribution in [0.2, 0.25) is 0 Å². The summed E-state index contributed by atoms with van der Waals surface area (Å²) in [7, 11) is 1.25. The predicted octanol–water partition coefficient (Wildman–Crippen LogP) is 11.5. The van der Waals surface area contributed by atoms with Crippen LogP contribution < -0.4 is 10.2 Å². The maximum absolute atomic E-state index is 12.8. The van der Waals surface area contributed by atoms with Gasteiger partial charge in [0.2, 0.25) is 5.91 Å². The molecule has 0 saturated heterocycles. The Morgan fingerprint density at radius 3 is 1.53 bits per heavy atom. The standard InChI is InChI=1S/C44H87N2O6P/c1-6-8-10-12-14-16-18-20-21-22-23-24-25-26-27-29-31-33-35-37-43(47)42(41-52-53(49,50)51-40-39-46(3,4)5)45-44(48)38-36-34-32-30-28-19-17-15-13-11-9-7-2/h27,29,35,37,42-43,47H,6-26,28,30-34,36,38-41H2,1-5H3,(H-,45,48,49,50)/b29-27+,37-35+. The molecule has 8 nitrogen and oxygen atoms in total. The van der Waals surface area contributed by atoms with E-state index in [1.807, 2.05) is 27.2 Å². The third-order valence-electron chi connectivity index (χ3n) is 9.91. The molecular formula is C44H87N2O6P. The number of phosphoric ester groups is 1. The summed E-state index contributed by atoms with van der Waals surface area (Å²) in [4.78, 5) is 25.2. The van der Waals surface area contributed by atoms with Crippen molar-refractivity contribution in [3.63, 3.8) is 0 Å². The SMILES string of the molecule is CCCCCCCCCCCCCCC/C=C/CC/C=C/C(O)C(COP(=O)([O-])OCC[N+](C)(C)C)NC(=O)CCCCCCCCCCCCCC. The van der Waals surface area contributed by atoms with Crippen LogP contribution >= 0.6 is 7.82 Å². The number of hydrogen-bond acceptors (Lipinski definition) is 6. The van der Waals surface area contributed by atoms with Crippen molar-refractivity contribution in [2.45, 2.75) is 212 Å². The first-order chi connectivity index (χ1) is 25.5. The molecule has 0 radical (unpaired) electrons. The van der Waals surface area contributed by atoms with Gasteiger partial charge in [0.1, 0.15) is 13.2 Å². The zero-order chi connectivity index (χ0) is 39.3. The third kappa shape index (κ3) is 39.0. The molecule has 0 aromatic carbocycles. The number of carbonyl (C=O) groups excluding carboxylic acids is 1. The van der Waals surface area contributed by atoms with E-state index in [1.54, 1.807) is 6.08 Å². The lowest BCUT2D eigenvalue weighted by Crippen LogP contribution is -2.45. The van der Waals surface area contributed by atoms with Crippen LogP contribution in [-0.4, -0.2) is 68.5 Å². The van der Waals surface area contributed by atoms with E-state index < -0.39 is 20.0 Å². The highest BCUT2D eigenvalue weighted by molar-refractivity contribution is 7.45. The quantitative estimate of drug-likeness (QED) is 0.0278. The van der Waals surface area contributed by atoms with Gasteiger partial charge in [0.25, 0.3) is 7.82 Å². The van der Waals surface area contributed by atoms with Gasteiger partial charge in [0.05, 0.1) is 39.9 Å². The molecule has 1 amide bonds. The number of amides is 1. The summed E-state index contributed by atoms with van der Waals surface area (Å²) in [6.45, 7) is 4.62. The van der Waals surface area contributed by atoms with Crippen molar-refractivity contribution >= 4 is 13.7 Å². The van der Waals surface area contributed by atoms with Gasteiger partial charge in [0.15, 0.2) is 0 Å². The minimum absolute atomic E-state index is 0.00437. The van der Waals surface area contributed by atoms with Crippen LogP contribution in [0, 0.1) is 0 Å². The number of hydrogen-bond donors (Lipinski definition) is 2. The Bertz CT molecular complexity index is 922. The number of aliphatic hydroxyl groups excluding tert-OH is 1. The van der Waals surface area contributed by atoms with Gasteiger partial charge < -0.3 is 28.8 Å². The lowest BCUT2D eigenvalue weighted by molar-refractivity contribution is -0.870. The van der Waals surface area contributed by atoms with E-state index in [2.05, 4.69) is 31.3 Å². The van der Waals surface area contributed by atoms with Crippen molar-refractivity contribution in [1.29, 1.82) is 0 Å². The van der Waals surface area contributed by atoms with Gasteiger partial charge in [-0.25, -0.2) is 0 Å². The highest BCUT2D eigenvalue weighted by Gasteiger charge is 2.23. The maximum atomic E-state index is 12.8. The Balaban J connectivity index is 4.45. The number of aliphatic hydroxyl groups is 1. The molecule has 0 heterocycles. The van der Waals surface area contributed by atoms with E-state index in [0.29, 0.717) is 17.4 Å². The monoisotopic (exact) mass is 771 g/mol. The second-order valence-electron chi connectivity index (χ2n) is 16.4. The smallest absolute Gasteiger partial charge is 0.268 e. The summed E-state index contributed by atoms with van der Waals surface area (Å²) in [5, 5.41) is 13.7. The Labute approximate surface area is 328 Å². The molecule has 0 spiro atoms. The Morgan fingerprint density at radius 1 is 0.642 bits per heavy atom. The van der Waals surface area contributed by atoms with Crippen molar-refractivity contribution < 1.29 is 32.9 Å². The summed E-state index contributed by atoms with van der Waals surface area (Å²) in [6.07, 6.45) is 42.3. The number of carbonyl (C=O) groups is 1. The Morgan fingerprint density at radius 2 is 1.06 bits per heavy atom. The first-order valence-electron chi connectivity index (χ1n) is 22.2. The molecule has 3 atom stereocenters. The first-order valence-corrected chi connectivity index (χ1v) is 23.7. The number of nitrogens with one attached hydrogen (secondary N) is 1. The minimum Gasteiger partial charge on any atom is -0.756 e. The highest BCUT2D eigenvalue weighted by Crippen LogP contribution is 2.38. The lowest BCUT2D eigenvalue weighted by atomic mass is 10.0. The molecule has 0 aromatic rings. The second kappa shape index (κ2) is 36.6. The summed E-state index contributed by atoms with van der Waals surface area (Å²) >= 11 is 0. The topological polar surface area (TPSA) is 108 Å². The van der Waals surface area contributed by atoms with E-state index in [-0.39, 0.29) is 19.1 Å². The number of allylic oxidation sites excluding steroid dienone is 3. The van der Waals surface area contributed by atoms with Gasteiger partial charge in [-0.2, -0.15) is 0 Å². The van der Waals surface area contributed by atoms with Crippen molar-refractivity contribution in [3.05, 3.63) is 24.3 Å². The normalized spacial score (nSPS) is 14.6. The largest absolute Gasteiger partial charge is 0.756 e. The van der Waals surface area contributed by atoms with Gasteiger partial charge in [-0.05, 0) is 32.1 Å². The molecule has 9 heteroatoms. The Hall–Kier alpha value is -1.02. The first kappa shape index (κ1) is 52.0. The molecule has 0 aliphatic heterocycles. The minimum atomic E-state index is -4.59. The molecule has 53 heavy (non-hydrogen) atoms.